The lowest BCUT2D eigenvalue weighted by Crippen LogP contribution is -2.39. The predicted molar refractivity (Wildman–Crippen MR) is 127 cm³/mol. The smallest absolute Gasteiger partial charge is 0.349 e. The molecular weight excluding hydrogens is 402 g/mol. The Kier molecular flexibility index (Phi) is 7.31. The van der Waals surface area contributed by atoms with Crippen molar-refractivity contribution in [2.45, 2.75) is 32.8 Å². The largest absolute Gasteiger partial charge is 0.476 e. The molecule has 0 unspecified atom stereocenters. The van der Waals surface area contributed by atoms with Crippen LogP contribution in [0.1, 0.15) is 31.9 Å². The Hall–Kier alpha value is -3.60. The van der Waals surface area contributed by atoms with Gasteiger partial charge in [0.1, 0.15) is 5.75 Å². The maximum Gasteiger partial charge on any atom is 0.349 e. The predicted octanol–water partition coefficient (Wildman–Crippen LogP) is 4.93. The van der Waals surface area contributed by atoms with Gasteiger partial charge in [0, 0.05) is 12.1 Å². The first kappa shape index (κ1) is 23.1. The van der Waals surface area contributed by atoms with E-state index >= 15 is 0 Å². The number of rotatable bonds is 9. The minimum absolute atomic E-state index is 0.183. The highest BCUT2D eigenvalue weighted by Crippen LogP contribution is 2.24. The van der Waals surface area contributed by atoms with Crippen molar-refractivity contribution in [2.75, 3.05) is 13.2 Å². The summed E-state index contributed by atoms with van der Waals surface area (Å²) in [5.41, 5.74) is 1.27. The van der Waals surface area contributed by atoms with Gasteiger partial charge < -0.3 is 14.8 Å². The van der Waals surface area contributed by atoms with Gasteiger partial charge in [0.25, 0.3) is 5.91 Å². The summed E-state index contributed by atoms with van der Waals surface area (Å²) >= 11 is 0. The molecular formula is C27H29NO4. The Bertz CT molecular complexity index is 1110. The molecule has 1 N–H and O–H groups in total. The van der Waals surface area contributed by atoms with E-state index in [1.807, 2.05) is 66.7 Å². The number of amides is 1. The number of carbonyl (C=O) groups is 2. The number of esters is 1. The molecule has 0 aromatic heterocycles. The molecule has 3 aromatic rings. The van der Waals surface area contributed by atoms with Crippen LogP contribution in [0.3, 0.4) is 0 Å². The molecule has 0 bridgehead atoms. The van der Waals surface area contributed by atoms with Crippen molar-refractivity contribution >= 4 is 28.2 Å². The van der Waals surface area contributed by atoms with Gasteiger partial charge >= 0.3 is 5.97 Å². The van der Waals surface area contributed by atoms with Crippen LogP contribution in [0.15, 0.2) is 73.3 Å². The van der Waals surface area contributed by atoms with Gasteiger partial charge in [-0.25, -0.2) is 4.79 Å². The van der Waals surface area contributed by atoms with E-state index in [2.05, 4.69) is 11.9 Å². The summed E-state index contributed by atoms with van der Waals surface area (Å²) in [6.45, 7) is 9.92. The average Bonchev–Trinajstić information content (AvgIpc) is 2.79. The van der Waals surface area contributed by atoms with Crippen LogP contribution in [0.2, 0.25) is 0 Å². The van der Waals surface area contributed by atoms with E-state index in [9.17, 15) is 9.59 Å². The highest BCUT2D eigenvalue weighted by atomic mass is 16.6. The van der Waals surface area contributed by atoms with Crippen molar-refractivity contribution in [2.24, 2.45) is 0 Å². The summed E-state index contributed by atoms with van der Waals surface area (Å²) in [7, 11) is 0. The normalized spacial score (nSPS) is 11.1. The SMILES string of the molecule is C=C(C(=O)NCCc1ccc(OC(C)(C)C(=O)OCC)cc1)c1cccc2ccccc12. The van der Waals surface area contributed by atoms with Gasteiger partial charge in [-0.1, -0.05) is 61.2 Å². The molecule has 3 rings (SSSR count). The van der Waals surface area contributed by atoms with E-state index in [0.29, 0.717) is 30.9 Å². The molecule has 0 radical (unpaired) electrons. The van der Waals surface area contributed by atoms with Crippen LogP contribution >= 0.6 is 0 Å². The summed E-state index contributed by atoms with van der Waals surface area (Å²) in [6, 6.07) is 21.3. The van der Waals surface area contributed by atoms with E-state index in [1.54, 1.807) is 20.8 Å². The minimum atomic E-state index is -1.06. The van der Waals surface area contributed by atoms with Crippen LogP contribution in [0, 0.1) is 0 Å². The molecule has 0 aliphatic rings. The quantitative estimate of drug-likeness (QED) is 0.385. The number of fused-ring (bicyclic) bond motifs is 1. The topological polar surface area (TPSA) is 64.6 Å². The second kappa shape index (κ2) is 10.1. The van der Waals surface area contributed by atoms with E-state index in [0.717, 1.165) is 21.9 Å². The molecule has 0 aliphatic carbocycles. The van der Waals surface area contributed by atoms with Crippen LogP contribution < -0.4 is 10.1 Å². The third-order valence-electron chi connectivity index (χ3n) is 5.15. The number of ether oxygens (including phenoxy) is 2. The molecule has 166 valence electrons. The van der Waals surface area contributed by atoms with E-state index in [1.165, 1.54) is 0 Å². The minimum Gasteiger partial charge on any atom is -0.476 e. The summed E-state index contributed by atoms with van der Waals surface area (Å²) in [4.78, 5) is 24.6. The maximum atomic E-state index is 12.6. The summed E-state index contributed by atoms with van der Waals surface area (Å²) in [6.07, 6.45) is 0.663. The Balaban J connectivity index is 1.54. The molecule has 32 heavy (non-hydrogen) atoms. The highest BCUT2D eigenvalue weighted by molar-refractivity contribution is 6.22. The summed E-state index contributed by atoms with van der Waals surface area (Å²) in [5, 5.41) is 5.03. The first-order valence-corrected chi connectivity index (χ1v) is 10.7. The van der Waals surface area contributed by atoms with Crippen molar-refractivity contribution in [1.82, 2.24) is 5.32 Å². The van der Waals surface area contributed by atoms with E-state index < -0.39 is 11.6 Å². The Morgan fingerprint density at radius 1 is 0.969 bits per heavy atom. The molecule has 3 aromatic carbocycles. The van der Waals surface area contributed by atoms with Crippen LogP contribution in [-0.2, 0) is 20.7 Å². The van der Waals surface area contributed by atoms with Gasteiger partial charge in [-0.05, 0) is 61.2 Å². The zero-order valence-corrected chi connectivity index (χ0v) is 18.8. The van der Waals surface area contributed by atoms with Crippen molar-refractivity contribution in [3.63, 3.8) is 0 Å². The number of carbonyl (C=O) groups excluding carboxylic acids is 2. The standard InChI is InChI=1S/C27H29NO4/c1-5-31-26(30)27(3,4)32-22-15-13-20(14-16-22)17-18-28-25(29)19(2)23-12-8-10-21-9-6-7-11-24(21)23/h6-16H,2,5,17-18H2,1,3-4H3,(H,28,29). The zero-order chi connectivity index (χ0) is 23.1. The summed E-state index contributed by atoms with van der Waals surface area (Å²) < 4.78 is 10.8. The molecule has 0 spiro atoms. The van der Waals surface area contributed by atoms with Gasteiger partial charge in [0.15, 0.2) is 5.60 Å². The number of hydrogen-bond acceptors (Lipinski definition) is 4. The summed E-state index contributed by atoms with van der Waals surface area (Å²) in [5.74, 6) is -0.00382. The molecule has 0 saturated carbocycles. The monoisotopic (exact) mass is 431 g/mol. The van der Waals surface area contributed by atoms with Gasteiger partial charge in [-0.3, -0.25) is 4.79 Å². The maximum absolute atomic E-state index is 12.6. The third-order valence-corrected chi connectivity index (χ3v) is 5.15. The molecule has 0 fully saturated rings. The molecule has 0 heterocycles. The van der Waals surface area contributed by atoms with Crippen molar-refractivity contribution in [3.8, 4) is 5.75 Å². The van der Waals surface area contributed by atoms with Gasteiger partial charge in [-0.15, -0.1) is 0 Å². The molecule has 0 aliphatic heterocycles. The first-order valence-electron chi connectivity index (χ1n) is 10.7. The Labute approximate surface area is 189 Å². The van der Waals surface area contributed by atoms with Gasteiger partial charge in [-0.2, -0.15) is 0 Å². The van der Waals surface area contributed by atoms with E-state index in [4.69, 9.17) is 9.47 Å². The van der Waals surface area contributed by atoms with Gasteiger partial charge in [0.05, 0.1) is 6.61 Å². The second-order valence-corrected chi connectivity index (χ2v) is 7.99. The lowest BCUT2D eigenvalue weighted by Gasteiger charge is -2.24. The van der Waals surface area contributed by atoms with Gasteiger partial charge in [0.2, 0.25) is 0 Å². The number of nitrogens with one attached hydrogen (secondary N) is 1. The van der Waals surface area contributed by atoms with E-state index in [-0.39, 0.29) is 5.91 Å². The van der Waals surface area contributed by atoms with Crippen molar-refractivity contribution in [3.05, 3.63) is 84.4 Å². The van der Waals surface area contributed by atoms with Crippen LogP contribution in [0.4, 0.5) is 0 Å². The van der Waals surface area contributed by atoms with Crippen LogP contribution in [0.5, 0.6) is 5.75 Å². The zero-order valence-electron chi connectivity index (χ0n) is 18.8. The van der Waals surface area contributed by atoms with Crippen molar-refractivity contribution in [1.29, 1.82) is 0 Å². The Morgan fingerprint density at radius 2 is 1.66 bits per heavy atom. The average molecular weight is 432 g/mol. The molecule has 0 atom stereocenters. The van der Waals surface area contributed by atoms with Crippen LogP contribution in [0.25, 0.3) is 16.3 Å². The molecule has 5 heteroatoms. The van der Waals surface area contributed by atoms with Crippen LogP contribution in [-0.4, -0.2) is 30.6 Å². The molecule has 1 amide bonds. The fourth-order valence-corrected chi connectivity index (χ4v) is 3.40. The highest BCUT2D eigenvalue weighted by Gasteiger charge is 2.31. The van der Waals surface area contributed by atoms with Crippen molar-refractivity contribution < 1.29 is 19.1 Å². The molecule has 5 nitrogen and oxygen atoms in total. The first-order chi connectivity index (χ1) is 15.3. The second-order valence-electron chi connectivity index (χ2n) is 7.99. The lowest BCUT2D eigenvalue weighted by molar-refractivity contribution is -0.158. The fraction of sp³-hybridized carbons (Fsp3) is 0.259. The number of hydrogen-bond donors (Lipinski definition) is 1. The lowest BCUT2D eigenvalue weighted by atomic mass is 9.99. The Morgan fingerprint density at radius 3 is 2.38 bits per heavy atom. The number of benzene rings is 3. The molecule has 0 saturated heterocycles. The third kappa shape index (κ3) is 5.55. The fourth-order valence-electron chi connectivity index (χ4n) is 3.40.